The Morgan fingerprint density at radius 1 is 1.12 bits per heavy atom. The van der Waals surface area contributed by atoms with Crippen molar-refractivity contribution in [2.75, 3.05) is 11.9 Å². The topological polar surface area (TPSA) is 62.4 Å². The van der Waals surface area contributed by atoms with E-state index in [1.165, 1.54) is 6.07 Å². The first kappa shape index (κ1) is 17.7. The summed E-state index contributed by atoms with van der Waals surface area (Å²) in [5.74, 6) is -0.0163. The van der Waals surface area contributed by atoms with Gasteiger partial charge in [-0.2, -0.15) is 0 Å². The van der Waals surface area contributed by atoms with Crippen LogP contribution in [0.4, 0.5) is 10.1 Å². The molecule has 7 heteroatoms. The first-order chi connectivity index (χ1) is 11.5. The van der Waals surface area contributed by atoms with Gasteiger partial charge >= 0.3 is 0 Å². The molecule has 0 saturated heterocycles. The number of hydrogen-bond acceptors (Lipinski definition) is 3. The van der Waals surface area contributed by atoms with Crippen LogP contribution in [0.5, 0.6) is 5.75 Å². The molecule has 0 spiro atoms. The molecule has 0 aliphatic rings. The molecule has 0 atom stereocenters. The Labute approximate surface area is 145 Å². The van der Waals surface area contributed by atoms with Gasteiger partial charge in [0.15, 0.2) is 5.11 Å². The minimum atomic E-state index is -0.431. The van der Waals surface area contributed by atoms with Crippen molar-refractivity contribution in [1.29, 1.82) is 0 Å². The highest BCUT2D eigenvalue weighted by Crippen LogP contribution is 2.12. The second kappa shape index (κ2) is 8.83. The molecule has 2 rings (SSSR count). The van der Waals surface area contributed by atoms with Crippen LogP contribution in [0.3, 0.4) is 0 Å². The fourth-order valence-corrected chi connectivity index (χ4v) is 1.96. The fourth-order valence-electron chi connectivity index (χ4n) is 1.80. The number of aryl methyl sites for hydroxylation is 1. The van der Waals surface area contributed by atoms with E-state index < -0.39 is 5.82 Å². The number of hydrogen-bond donors (Lipinski definition) is 3. The zero-order valence-corrected chi connectivity index (χ0v) is 14.0. The fraction of sp³-hybridized carbons (Fsp3) is 0.176. The van der Waals surface area contributed by atoms with E-state index in [1.807, 2.05) is 31.2 Å². The molecule has 126 valence electrons. The lowest BCUT2D eigenvalue weighted by atomic mass is 10.2. The monoisotopic (exact) mass is 347 g/mol. The van der Waals surface area contributed by atoms with E-state index in [-0.39, 0.29) is 29.7 Å². The summed E-state index contributed by atoms with van der Waals surface area (Å²) in [5.41, 5.74) is 6.30. The Balaban J connectivity index is 1.66. The highest BCUT2D eigenvalue weighted by Gasteiger charge is 2.05. The number of carbonyl (C=O) groups is 1. The molecule has 1 amide bonds. The first-order valence-corrected chi connectivity index (χ1v) is 7.75. The number of halogens is 1. The molecule has 0 bridgehead atoms. The lowest BCUT2D eigenvalue weighted by Gasteiger charge is -2.12. The third-order valence-corrected chi connectivity index (χ3v) is 3.26. The lowest BCUT2D eigenvalue weighted by molar-refractivity contribution is -0.122. The van der Waals surface area contributed by atoms with E-state index in [2.05, 4.69) is 16.2 Å². The van der Waals surface area contributed by atoms with Crippen LogP contribution in [0.2, 0.25) is 0 Å². The maximum absolute atomic E-state index is 13.4. The largest absolute Gasteiger partial charge is 0.493 e. The standard InChI is InChI=1S/C17H18FN3O2S/c1-12-6-8-13(9-7-12)23-11-10-16(22)20-21-17(24)19-15-5-3-2-4-14(15)18/h2-9H,10-11H2,1H3,(H,20,22)(H2,19,21,24). The summed E-state index contributed by atoms with van der Waals surface area (Å²) < 4.78 is 18.9. The Morgan fingerprint density at radius 2 is 1.83 bits per heavy atom. The Morgan fingerprint density at radius 3 is 2.54 bits per heavy atom. The van der Waals surface area contributed by atoms with Crippen molar-refractivity contribution < 1.29 is 13.9 Å². The molecular formula is C17H18FN3O2S. The second-order valence-corrected chi connectivity index (χ2v) is 5.43. The number of nitrogens with one attached hydrogen (secondary N) is 3. The Bertz CT molecular complexity index is 707. The van der Waals surface area contributed by atoms with Crippen LogP contribution < -0.4 is 20.9 Å². The third kappa shape index (κ3) is 5.85. The van der Waals surface area contributed by atoms with Crippen LogP contribution in [0.15, 0.2) is 48.5 Å². The van der Waals surface area contributed by atoms with Gasteiger partial charge in [-0.05, 0) is 43.4 Å². The van der Waals surface area contributed by atoms with E-state index >= 15 is 0 Å². The molecule has 5 nitrogen and oxygen atoms in total. The van der Waals surface area contributed by atoms with Crippen molar-refractivity contribution in [3.8, 4) is 5.75 Å². The van der Waals surface area contributed by atoms with Gasteiger partial charge in [-0.15, -0.1) is 0 Å². The van der Waals surface area contributed by atoms with Gasteiger partial charge in [0.1, 0.15) is 11.6 Å². The number of rotatable bonds is 5. The van der Waals surface area contributed by atoms with E-state index in [9.17, 15) is 9.18 Å². The quantitative estimate of drug-likeness (QED) is 0.573. The number of ether oxygens (including phenoxy) is 1. The smallest absolute Gasteiger partial charge is 0.241 e. The lowest BCUT2D eigenvalue weighted by Crippen LogP contribution is -2.44. The van der Waals surface area contributed by atoms with Crippen LogP contribution in [-0.2, 0) is 4.79 Å². The molecule has 0 heterocycles. The summed E-state index contributed by atoms with van der Waals surface area (Å²) in [6.45, 7) is 2.23. The molecule has 0 fully saturated rings. The summed E-state index contributed by atoms with van der Waals surface area (Å²) in [6.07, 6.45) is 0.156. The molecule has 0 aliphatic heterocycles. The minimum Gasteiger partial charge on any atom is -0.493 e. The van der Waals surface area contributed by atoms with E-state index in [0.29, 0.717) is 5.75 Å². The summed E-state index contributed by atoms with van der Waals surface area (Å²) in [4.78, 5) is 11.7. The highest BCUT2D eigenvalue weighted by atomic mass is 32.1. The number of carbonyl (C=O) groups excluding carboxylic acids is 1. The van der Waals surface area contributed by atoms with E-state index in [4.69, 9.17) is 17.0 Å². The van der Waals surface area contributed by atoms with Crippen molar-refractivity contribution in [1.82, 2.24) is 10.9 Å². The number of thiocarbonyl (C=S) groups is 1. The average Bonchev–Trinajstić information content (AvgIpc) is 2.57. The van der Waals surface area contributed by atoms with Crippen LogP contribution in [0, 0.1) is 12.7 Å². The number of anilines is 1. The third-order valence-electron chi connectivity index (χ3n) is 3.06. The van der Waals surface area contributed by atoms with Gasteiger partial charge in [0.25, 0.3) is 0 Å². The summed E-state index contributed by atoms with van der Waals surface area (Å²) in [7, 11) is 0. The average molecular weight is 347 g/mol. The SMILES string of the molecule is Cc1ccc(OCCC(=O)NNC(=S)Nc2ccccc2F)cc1. The van der Waals surface area contributed by atoms with Gasteiger partial charge in [-0.25, -0.2) is 4.39 Å². The minimum absolute atomic E-state index is 0.0907. The van der Waals surface area contributed by atoms with E-state index in [0.717, 1.165) is 5.56 Å². The molecule has 24 heavy (non-hydrogen) atoms. The van der Waals surface area contributed by atoms with Crippen LogP contribution >= 0.6 is 12.2 Å². The molecule has 2 aromatic rings. The van der Waals surface area contributed by atoms with Crippen LogP contribution in [0.1, 0.15) is 12.0 Å². The Kier molecular flexibility index (Phi) is 6.51. The van der Waals surface area contributed by atoms with Gasteiger partial charge in [-0.3, -0.25) is 15.6 Å². The second-order valence-electron chi connectivity index (χ2n) is 5.02. The zero-order valence-electron chi connectivity index (χ0n) is 13.1. The molecule has 0 unspecified atom stereocenters. The number of benzene rings is 2. The van der Waals surface area contributed by atoms with Gasteiger partial charge in [0, 0.05) is 0 Å². The predicted molar refractivity (Wildman–Crippen MR) is 95.2 cm³/mol. The van der Waals surface area contributed by atoms with Gasteiger partial charge < -0.3 is 10.1 Å². The van der Waals surface area contributed by atoms with Crippen molar-refractivity contribution in [3.63, 3.8) is 0 Å². The summed E-state index contributed by atoms with van der Waals surface area (Å²) >= 11 is 4.98. The maximum Gasteiger partial charge on any atom is 0.241 e. The van der Waals surface area contributed by atoms with Crippen molar-refractivity contribution >= 4 is 28.9 Å². The van der Waals surface area contributed by atoms with Gasteiger partial charge in [0.2, 0.25) is 5.91 Å². The maximum atomic E-state index is 13.4. The molecule has 0 aromatic heterocycles. The number of amides is 1. The first-order valence-electron chi connectivity index (χ1n) is 7.34. The summed E-state index contributed by atoms with van der Waals surface area (Å²) in [5, 5.41) is 2.74. The molecule has 0 aliphatic carbocycles. The normalized spacial score (nSPS) is 9.92. The highest BCUT2D eigenvalue weighted by molar-refractivity contribution is 7.80. The van der Waals surface area contributed by atoms with Crippen LogP contribution in [-0.4, -0.2) is 17.6 Å². The molecule has 0 radical (unpaired) electrons. The molecule has 3 N–H and O–H groups in total. The Hall–Kier alpha value is -2.67. The molecule has 0 saturated carbocycles. The number of para-hydroxylation sites is 1. The van der Waals surface area contributed by atoms with Gasteiger partial charge in [-0.1, -0.05) is 29.8 Å². The number of hydrazine groups is 1. The van der Waals surface area contributed by atoms with E-state index in [1.54, 1.807) is 18.2 Å². The summed E-state index contributed by atoms with van der Waals surface area (Å²) in [6, 6.07) is 13.7. The van der Waals surface area contributed by atoms with Crippen molar-refractivity contribution in [3.05, 3.63) is 59.9 Å². The van der Waals surface area contributed by atoms with Crippen molar-refractivity contribution in [2.24, 2.45) is 0 Å². The molecule has 2 aromatic carbocycles. The zero-order chi connectivity index (χ0) is 17.4. The van der Waals surface area contributed by atoms with Gasteiger partial charge in [0.05, 0.1) is 18.7 Å². The molecular weight excluding hydrogens is 329 g/mol. The van der Waals surface area contributed by atoms with Crippen molar-refractivity contribution in [2.45, 2.75) is 13.3 Å². The predicted octanol–water partition coefficient (Wildman–Crippen LogP) is 2.92. The van der Waals surface area contributed by atoms with Crippen LogP contribution in [0.25, 0.3) is 0 Å².